The smallest absolute Gasteiger partial charge is 0.409 e. The van der Waals surface area contributed by atoms with Crippen LogP contribution >= 0.6 is 0 Å². The van der Waals surface area contributed by atoms with Crippen molar-refractivity contribution < 1.29 is 19.1 Å². The van der Waals surface area contributed by atoms with Gasteiger partial charge in [0, 0.05) is 19.1 Å². The second kappa shape index (κ2) is 10.8. The first kappa shape index (κ1) is 22.6. The van der Waals surface area contributed by atoms with Crippen LogP contribution < -0.4 is 15.4 Å². The zero-order valence-electron chi connectivity index (χ0n) is 18.4. The molecule has 31 heavy (non-hydrogen) atoms. The van der Waals surface area contributed by atoms with Crippen molar-refractivity contribution >= 4 is 17.7 Å². The number of likely N-dealkylation sites (tertiary alicyclic amines) is 1. The fourth-order valence-corrected chi connectivity index (χ4v) is 3.77. The Morgan fingerprint density at radius 2 is 1.84 bits per heavy atom. The van der Waals surface area contributed by atoms with Crippen molar-refractivity contribution in [3.8, 4) is 5.75 Å². The van der Waals surface area contributed by atoms with Gasteiger partial charge >= 0.3 is 6.09 Å². The number of methoxy groups -OCH3 is 1. The normalized spacial score (nSPS) is 15.3. The second-order valence-corrected chi connectivity index (χ2v) is 7.66. The molecular weight excluding hydrogens is 394 g/mol. The quantitative estimate of drug-likeness (QED) is 0.703. The van der Waals surface area contributed by atoms with Crippen molar-refractivity contribution in [3.63, 3.8) is 0 Å². The number of ether oxygens (including phenoxy) is 2. The Balaban J connectivity index is 1.72. The zero-order valence-corrected chi connectivity index (χ0v) is 18.4. The van der Waals surface area contributed by atoms with Gasteiger partial charge in [0.25, 0.3) is 0 Å². The highest BCUT2D eigenvalue weighted by atomic mass is 16.6. The molecule has 2 amide bonds. The Kier molecular flexibility index (Phi) is 7.89. The largest absolute Gasteiger partial charge is 0.495 e. The average Bonchev–Trinajstić information content (AvgIpc) is 2.78. The molecule has 7 heteroatoms. The predicted molar refractivity (Wildman–Crippen MR) is 120 cm³/mol. The van der Waals surface area contributed by atoms with Gasteiger partial charge in [-0.3, -0.25) is 10.1 Å². The number of piperidine rings is 1. The van der Waals surface area contributed by atoms with E-state index >= 15 is 0 Å². The van der Waals surface area contributed by atoms with Crippen LogP contribution in [0.25, 0.3) is 0 Å². The maximum atomic E-state index is 13.3. The highest BCUT2D eigenvalue weighted by molar-refractivity contribution is 5.96. The number of carbonyl (C=O) groups is 2. The van der Waals surface area contributed by atoms with Crippen molar-refractivity contribution in [3.05, 3.63) is 59.7 Å². The fraction of sp³-hybridized carbons (Fsp3) is 0.417. The van der Waals surface area contributed by atoms with E-state index in [9.17, 15) is 9.59 Å². The van der Waals surface area contributed by atoms with E-state index < -0.39 is 6.04 Å². The Morgan fingerprint density at radius 1 is 1.13 bits per heavy atom. The van der Waals surface area contributed by atoms with E-state index in [-0.39, 0.29) is 18.0 Å². The maximum absolute atomic E-state index is 13.3. The summed E-state index contributed by atoms with van der Waals surface area (Å²) in [5.41, 5.74) is 2.57. The van der Waals surface area contributed by atoms with Crippen LogP contribution in [0.3, 0.4) is 0 Å². The number of carbonyl (C=O) groups excluding carboxylic acids is 2. The molecule has 1 fully saturated rings. The Morgan fingerprint density at radius 3 is 2.48 bits per heavy atom. The van der Waals surface area contributed by atoms with E-state index in [2.05, 4.69) is 10.6 Å². The molecule has 1 aliphatic heterocycles. The molecule has 2 N–H and O–H groups in total. The third kappa shape index (κ3) is 5.98. The van der Waals surface area contributed by atoms with Gasteiger partial charge in [0.15, 0.2) is 0 Å². The molecule has 0 aromatic heterocycles. The summed E-state index contributed by atoms with van der Waals surface area (Å²) in [6, 6.07) is 14.9. The van der Waals surface area contributed by atoms with Crippen molar-refractivity contribution in [2.75, 3.05) is 32.1 Å². The predicted octanol–water partition coefficient (Wildman–Crippen LogP) is 3.89. The number of hydrogen-bond donors (Lipinski definition) is 2. The van der Waals surface area contributed by atoms with E-state index in [1.165, 1.54) is 0 Å². The summed E-state index contributed by atoms with van der Waals surface area (Å²) in [4.78, 5) is 27.0. The van der Waals surface area contributed by atoms with Crippen molar-refractivity contribution in [2.24, 2.45) is 0 Å². The third-order valence-corrected chi connectivity index (χ3v) is 5.43. The Labute approximate surface area is 183 Å². The van der Waals surface area contributed by atoms with E-state index in [1.807, 2.05) is 55.5 Å². The first-order chi connectivity index (χ1) is 15.0. The lowest BCUT2D eigenvalue weighted by atomic mass is 10.00. The maximum Gasteiger partial charge on any atom is 0.409 e. The van der Waals surface area contributed by atoms with Crippen molar-refractivity contribution in [2.45, 2.75) is 38.8 Å². The van der Waals surface area contributed by atoms with Crippen LogP contribution in [0.15, 0.2) is 48.5 Å². The van der Waals surface area contributed by atoms with Gasteiger partial charge in [-0.2, -0.15) is 0 Å². The molecule has 0 aliphatic carbocycles. The first-order valence-corrected chi connectivity index (χ1v) is 10.7. The van der Waals surface area contributed by atoms with Crippen LogP contribution in [0.1, 0.15) is 36.9 Å². The third-order valence-electron chi connectivity index (χ3n) is 5.43. The van der Waals surface area contributed by atoms with Crippen LogP contribution in [-0.4, -0.2) is 49.7 Å². The molecule has 0 bridgehead atoms. The fourth-order valence-electron chi connectivity index (χ4n) is 3.77. The van der Waals surface area contributed by atoms with Crippen molar-refractivity contribution in [1.29, 1.82) is 0 Å². The molecular formula is C24H31N3O4. The number of rotatable bonds is 7. The van der Waals surface area contributed by atoms with Gasteiger partial charge in [0.05, 0.1) is 19.4 Å². The minimum absolute atomic E-state index is 0.112. The molecule has 0 spiro atoms. The molecule has 1 aliphatic rings. The lowest BCUT2D eigenvalue weighted by Gasteiger charge is -2.33. The minimum Gasteiger partial charge on any atom is -0.495 e. The highest BCUT2D eigenvalue weighted by Gasteiger charge is 2.29. The standard InChI is InChI=1S/C24H31N3O4/c1-4-31-24(29)27-14-12-19(13-15-27)25-22(18-8-6-5-7-9-18)23(28)26-20-16-17(2)10-11-21(20)30-3/h5-11,16,19,22,25H,4,12-15H2,1-3H3,(H,26,28)/t22-/m1/s1. The van der Waals surface area contributed by atoms with Gasteiger partial charge in [-0.05, 0) is 49.9 Å². The van der Waals surface area contributed by atoms with Crippen LogP contribution in [-0.2, 0) is 9.53 Å². The van der Waals surface area contributed by atoms with Gasteiger partial charge in [-0.25, -0.2) is 4.79 Å². The summed E-state index contributed by atoms with van der Waals surface area (Å²) in [5, 5.41) is 6.53. The number of anilines is 1. The Bertz CT molecular complexity index is 880. The summed E-state index contributed by atoms with van der Waals surface area (Å²) in [5.74, 6) is 0.469. The Hall–Kier alpha value is -3.06. The number of hydrogen-bond acceptors (Lipinski definition) is 5. The highest BCUT2D eigenvalue weighted by Crippen LogP contribution is 2.27. The number of nitrogens with one attached hydrogen (secondary N) is 2. The summed E-state index contributed by atoms with van der Waals surface area (Å²) >= 11 is 0. The van der Waals surface area contributed by atoms with E-state index in [0.29, 0.717) is 31.1 Å². The summed E-state index contributed by atoms with van der Waals surface area (Å²) in [6.07, 6.45) is 1.23. The first-order valence-electron chi connectivity index (χ1n) is 10.7. The van der Waals surface area contributed by atoms with Crippen LogP contribution in [0.5, 0.6) is 5.75 Å². The summed E-state index contributed by atoms with van der Waals surface area (Å²) in [7, 11) is 1.59. The van der Waals surface area contributed by atoms with E-state index in [4.69, 9.17) is 9.47 Å². The molecule has 2 aromatic rings. The lowest BCUT2D eigenvalue weighted by Crippen LogP contribution is -2.47. The zero-order chi connectivity index (χ0) is 22.2. The SMILES string of the molecule is CCOC(=O)N1CCC(N[C@@H](C(=O)Nc2cc(C)ccc2OC)c2ccccc2)CC1. The summed E-state index contributed by atoms with van der Waals surface area (Å²) in [6.45, 7) is 5.35. The average molecular weight is 426 g/mol. The molecule has 1 saturated heterocycles. The number of nitrogens with zero attached hydrogens (tertiary/aromatic N) is 1. The van der Waals surface area contributed by atoms with E-state index in [1.54, 1.807) is 18.9 Å². The monoisotopic (exact) mass is 425 g/mol. The lowest BCUT2D eigenvalue weighted by molar-refractivity contribution is -0.118. The molecule has 1 atom stereocenters. The van der Waals surface area contributed by atoms with Gasteiger partial charge in [0.2, 0.25) is 5.91 Å². The molecule has 2 aromatic carbocycles. The number of benzene rings is 2. The molecule has 0 radical (unpaired) electrons. The van der Waals surface area contributed by atoms with E-state index in [0.717, 1.165) is 24.0 Å². The molecule has 1 heterocycles. The second-order valence-electron chi connectivity index (χ2n) is 7.66. The van der Waals surface area contributed by atoms with Crippen molar-refractivity contribution in [1.82, 2.24) is 10.2 Å². The molecule has 7 nitrogen and oxygen atoms in total. The van der Waals surface area contributed by atoms with Crippen LogP contribution in [0.2, 0.25) is 0 Å². The minimum atomic E-state index is -0.523. The van der Waals surface area contributed by atoms with Gasteiger partial charge < -0.3 is 19.7 Å². The van der Waals surface area contributed by atoms with Gasteiger partial charge in [-0.1, -0.05) is 36.4 Å². The molecule has 0 unspecified atom stereocenters. The molecule has 0 saturated carbocycles. The van der Waals surface area contributed by atoms with Gasteiger partial charge in [-0.15, -0.1) is 0 Å². The molecule has 166 valence electrons. The van der Waals surface area contributed by atoms with Crippen LogP contribution in [0.4, 0.5) is 10.5 Å². The number of aryl methyl sites for hydroxylation is 1. The topological polar surface area (TPSA) is 79.9 Å². The number of amides is 2. The van der Waals surface area contributed by atoms with Gasteiger partial charge in [0.1, 0.15) is 11.8 Å². The van der Waals surface area contributed by atoms with Crippen LogP contribution in [0, 0.1) is 6.92 Å². The summed E-state index contributed by atoms with van der Waals surface area (Å²) < 4.78 is 10.5. The molecule has 3 rings (SSSR count).